The predicted octanol–water partition coefficient (Wildman–Crippen LogP) is 3.81. The second kappa shape index (κ2) is 8.26. The highest BCUT2D eigenvalue weighted by Crippen LogP contribution is 2.29. The van der Waals surface area contributed by atoms with Crippen LogP contribution in [0.2, 0.25) is 0 Å². The Morgan fingerprint density at radius 1 is 0.947 bits per heavy atom. The van der Waals surface area contributed by atoms with E-state index in [-0.39, 0.29) is 0 Å². The number of nitrogens with one attached hydrogen (secondary N) is 1. The van der Waals surface area contributed by atoms with E-state index in [1.165, 1.54) is 77.4 Å². The highest BCUT2D eigenvalue weighted by Gasteiger charge is 2.30. The summed E-state index contributed by atoms with van der Waals surface area (Å²) in [6.45, 7) is 8.44. The number of nitrogens with zero attached hydrogens (tertiary/aromatic N) is 1. The van der Waals surface area contributed by atoms with Crippen LogP contribution in [0.5, 0.6) is 0 Å². The van der Waals surface area contributed by atoms with Crippen molar-refractivity contribution in [2.24, 2.45) is 5.92 Å². The summed E-state index contributed by atoms with van der Waals surface area (Å²) in [5, 5.41) is 3.79. The third-order valence-corrected chi connectivity index (χ3v) is 5.28. The Hall–Kier alpha value is -0.0800. The van der Waals surface area contributed by atoms with Gasteiger partial charge in [-0.2, -0.15) is 0 Å². The van der Waals surface area contributed by atoms with E-state index in [2.05, 4.69) is 24.1 Å². The first-order chi connectivity index (χ1) is 9.35. The number of hydrogen-bond donors (Lipinski definition) is 1. The van der Waals surface area contributed by atoms with E-state index in [1.54, 1.807) is 0 Å². The maximum Gasteiger partial charge on any atom is 0.0107 e. The van der Waals surface area contributed by atoms with Gasteiger partial charge in [0.25, 0.3) is 0 Å². The summed E-state index contributed by atoms with van der Waals surface area (Å²) in [4.78, 5) is 2.80. The molecule has 2 nitrogen and oxygen atoms in total. The van der Waals surface area contributed by atoms with Crippen molar-refractivity contribution in [1.29, 1.82) is 0 Å². The molecule has 2 aliphatic rings. The molecule has 0 heterocycles. The highest BCUT2D eigenvalue weighted by molar-refractivity contribution is 4.87. The second-order valence-corrected chi connectivity index (χ2v) is 6.63. The molecule has 0 saturated heterocycles. The molecule has 1 N–H and O–H groups in total. The lowest BCUT2D eigenvalue weighted by molar-refractivity contribution is 0.133. The van der Waals surface area contributed by atoms with Gasteiger partial charge in [0.1, 0.15) is 0 Å². The van der Waals surface area contributed by atoms with E-state index in [1.807, 2.05) is 0 Å². The fourth-order valence-corrected chi connectivity index (χ4v) is 4.14. The van der Waals surface area contributed by atoms with Crippen LogP contribution < -0.4 is 5.32 Å². The molecule has 2 atom stereocenters. The van der Waals surface area contributed by atoms with E-state index < -0.39 is 0 Å². The first kappa shape index (κ1) is 15.3. The Kier molecular flexibility index (Phi) is 6.66. The summed E-state index contributed by atoms with van der Waals surface area (Å²) < 4.78 is 0. The Labute approximate surface area is 120 Å². The van der Waals surface area contributed by atoms with Crippen molar-refractivity contribution in [3.63, 3.8) is 0 Å². The van der Waals surface area contributed by atoms with Gasteiger partial charge in [-0.05, 0) is 51.1 Å². The lowest BCUT2D eigenvalue weighted by Crippen LogP contribution is -2.44. The molecule has 0 spiro atoms. The molecule has 0 aromatic rings. The molecule has 0 aliphatic heterocycles. The first-order valence-corrected chi connectivity index (χ1v) is 8.82. The van der Waals surface area contributed by atoms with Crippen molar-refractivity contribution >= 4 is 0 Å². The zero-order valence-electron chi connectivity index (χ0n) is 13.2. The van der Waals surface area contributed by atoms with Crippen molar-refractivity contribution in [3.8, 4) is 0 Å². The van der Waals surface area contributed by atoms with Crippen LogP contribution in [-0.4, -0.2) is 36.6 Å². The zero-order valence-corrected chi connectivity index (χ0v) is 13.2. The third-order valence-electron chi connectivity index (χ3n) is 5.28. The molecular formula is C17H34N2. The molecule has 2 heteroatoms. The molecule has 0 bridgehead atoms. The lowest BCUT2D eigenvalue weighted by Gasteiger charge is -2.36. The van der Waals surface area contributed by atoms with Crippen molar-refractivity contribution < 1.29 is 0 Å². The number of hydrogen-bond acceptors (Lipinski definition) is 2. The van der Waals surface area contributed by atoms with E-state index in [0.717, 1.165) is 18.0 Å². The van der Waals surface area contributed by atoms with Gasteiger partial charge >= 0.3 is 0 Å². The van der Waals surface area contributed by atoms with Gasteiger partial charge in [-0.1, -0.05) is 39.5 Å². The molecule has 112 valence electrons. The smallest absolute Gasteiger partial charge is 0.0107 e. The van der Waals surface area contributed by atoms with Crippen LogP contribution in [0, 0.1) is 5.92 Å². The average Bonchev–Trinajstić information content (AvgIpc) is 2.90. The van der Waals surface area contributed by atoms with Crippen molar-refractivity contribution in [3.05, 3.63) is 0 Å². The highest BCUT2D eigenvalue weighted by atomic mass is 15.2. The van der Waals surface area contributed by atoms with Crippen molar-refractivity contribution in [2.75, 3.05) is 19.6 Å². The molecule has 0 radical (unpaired) electrons. The number of rotatable bonds is 7. The minimum atomic E-state index is 0.803. The Bertz CT molecular complexity index is 235. The van der Waals surface area contributed by atoms with Crippen LogP contribution in [0.3, 0.4) is 0 Å². The molecule has 2 rings (SSSR count). The molecule has 2 saturated carbocycles. The molecule has 2 unspecified atom stereocenters. The average molecular weight is 266 g/mol. The monoisotopic (exact) mass is 266 g/mol. The molecule has 19 heavy (non-hydrogen) atoms. The van der Waals surface area contributed by atoms with E-state index in [0.29, 0.717) is 0 Å². The molecule has 0 aromatic carbocycles. The van der Waals surface area contributed by atoms with Crippen molar-refractivity contribution in [2.45, 2.75) is 83.7 Å². The normalized spacial score (nSPS) is 29.2. The SMILES string of the molecule is CCCNC1CCCC1CN(CC)C1CCCCC1. The summed E-state index contributed by atoms with van der Waals surface area (Å²) in [5.41, 5.74) is 0. The van der Waals surface area contributed by atoms with Crippen LogP contribution in [0.1, 0.15) is 71.6 Å². The fourth-order valence-electron chi connectivity index (χ4n) is 4.14. The molecule has 2 fully saturated rings. The van der Waals surface area contributed by atoms with Gasteiger partial charge in [-0.15, -0.1) is 0 Å². The summed E-state index contributed by atoms with van der Waals surface area (Å²) in [5.74, 6) is 0.911. The summed E-state index contributed by atoms with van der Waals surface area (Å²) in [6.07, 6.45) is 12.9. The van der Waals surface area contributed by atoms with Crippen LogP contribution in [0.15, 0.2) is 0 Å². The van der Waals surface area contributed by atoms with Crippen LogP contribution in [0.4, 0.5) is 0 Å². The van der Waals surface area contributed by atoms with Gasteiger partial charge in [0, 0.05) is 18.6 Å². The van der Waals surface area contributed by atoms with E-state index >= 15 is 0 Å². The Morgan fingerprint density at radius 3 is 2.42 bits per heavy atom. The van der Waals surface area contributed by atoms with Crippen molar-refractivity contribution in [1.82, 2.24) is 10.2 Å². The van der Waals surface area contributed by atoms with Crippen LogP contribution in [0.25, 0.3) is 0 Å². The third kappa shape index (κ3) is 4.46. The minimum absolute atomic E-state index is 0.803. The van der Waals surface area contributed by atoms with Crippen LogP contribution >= 0.6 is 0 Å². The topological polar surface area (TPSA) is 15.3 Å². The lowest BCUT2D eigenvalue weighted by atomic mass is 9.92. The second-order valence-electron chi connectivity index (χ2n) is 6.63. The first-order valence-electron chi connectivity index (χ1n) is 8.82. The summed E-state index contributed by atoms with van der Waals surface area (Å²) in [7, 11) is 0. The molecule has 0 amide bonds. The van der Waals surface area contributed by atoms with Gasteiger partial charge in [0.15, 0.2) is 0 Å². The van der Waals surface area contributed by atoms with Gasteiger partial charge in [0.05, 0.1) is 0 Å². The summed E-state index contributed by atoms with van der Waals surface area (Å²) >= 11 is 0. The largest absolute Gasteiger partial charge is 0.314 e. The van der Waals surface area contributed by atoms with E-state index in [4.69, 9.17) is 0 Å². The van der Waals surface area contributed by atoms with Gasteiger partial charge in [0.2, 0.25) is 0 Å². The summed E-state index contributed by atoms with van der Waals surface area (Å²) in [6, 6.07) is 1.70. The fraction of sp³-hybridized carbons (Fsp3) is 1.00. The zero-order chi connectivity index (χ0) is 13.5. The maximum atomic E-state index is 3.79. The minimum Gasteiger partial charge on any atom is -0.314 e. The maximum absolute atomic E-state index is 3.79. The predicted molar refractivity (Wildman–Crippen MR) is 83.5 cm³/mol. The van der Waals surface area contributed by atoms with E-state index in [9.17, 15) is 0 Å². The molecular weight excluding hydrogens is 232 g/mol. The Balaban J connectivity index is 1.82. The van der Waals surface area contributed by atoms with Gasteiger partial charge in [-0.3, -0.25) is 0 Å². The molecule has 2 aliphatic carbocycles. The quantitative estimate of drug-likeness (QED) is 0.754. The standard InChI is InChI=1S/C17H34N2/c1-3-13-18-17-12-8-9-15(17)14-19(4-2)16-10-6-5-7-11-16/h15-18H,3-14H2,1-2H3. The molecule has 0 aromatic heterocycles. The Morgan fingerprint density at radius 2 is 1.74 bits per heavy atom. The van der Waals surface area contributed by atoms with Crippen LogP contribution in [-0.2, 0) is 0 Å². The van der Waals surface area contributed by atoms with Gasteiger partial charge in [-0.25, -0.2) is 0 Å². The van der Waals surface area contributed by atoms with Gasteiger partial charge < -0.3 is 10.2 Å².